The maximum atomic E-state index is 12.9. The Kier molecular flexibility index (Phi) is 3.89. The van der Waals surface area contributed by atoms with E-state index in [0.29, 0.717) is 5.95 Å². The fourth-order valence-electron chi connectivity index (χ4n) is 2.78. The van der Waals surface area contributed by atoms with E-state index < -0.39 is 5.82 Å². The van der Waals surface area contributed by atoms with Gasteiger partial charge in [-0.3, -0.25) is 0 Å². The van der Waals surface area contributed by atoms with Crippen molar-refractivity contribution >= 4 is 32.6 Å². The number of rotatable bonds is 3. The van der Waals surface area contributed by atoms with Crippen LogP contribution in [0.5, 0.6) is 5.75 Å². The van der Waals surface area contributed by atoms with Crippen LogP contribution in [0.25, 0.3) is 10.2 Å². The molecule has 4 rings (SSSR count). The molecular weight excluding hydrogens is 329 g/mol. The number of aromatic nitrogens is 3. The van der Waals surface area contributed by atoms with E-state index in [0.717, 1.165) is 47.3 Å². The number of piperazine rings is 1. The van der Waals surface area contributed by atoms with Crippen LogP contribution in [-0.4, -0.2) is 48.2 Å². The Balaban J connectivity index is 1.50. The molecule has 0 N–H and O–H groups in total. The van der Waals surface area contributed by atoms with Gasteiger partial charge in [-0.2, -0.15) is 0 Å². The summed E-state index contributed by atoms with van der Waals surface area (Å²) in [5.74, 6) is 0.955. The van der Waals surface area contributed by atoms with Crippen LogP contribution in [0.3, 0.4) is 0 Å². The van der Waals surface area contributed by atoms with Crippen molar-refractivity contribution in [1.29, 1.82) is 0 Å². The highest BCUT2D eigenvalue weighted by atomic mass is 32.1. The largest absolute Gasteiger partial charge is 0.494 e. The van der Waals surface area contributed by atoms with Crippen molar-refractivity contribution in [1.82, 2.24) is 15.0 Å². The minimum Gasteiger partial charge on any atom is -0.494 e. The van der Waals surface area contributed by atoms with E-state index >= 15 is 0 Å². The fourth-order valence-corrected chi connectivity index (χ4v) is 3.81. The molecule has 0 amide bonds. The summed E-state index contributed by atoms with van der Waals surface area (Å²) >= 11 is 1.67. The number of halogens is 1. The lowest BCUT2D eigenvalue weighted by molar-refractivity contribution is 0.419. The van der Waals surface area contributed by atoms with Crippen molar-refractivity contribution in [2.75, 3.05) is 43.1 Å². The van der Waals surface area contributed by atoms with E-state index in [1.54, 1.807) is 18.4 Å². The molecule has 0 unspecified atom stereocenters. The van der Waals surface area contributed by atoms with Gasteiger partial charge in [-0.25, -0.2) is 19.3 Å². The zero-order chi connectivity index (χ0) is 16.5. The van der Waals surface area contributed by atoms with Crippen molar-refractivity contribution in [3.63, 3.8) is 0 Å². The van der Waals surface area contributed by atoms with Crippen molar-refractivity contribution in [2.24, 2.45) is 0 Å². The average molecular weight is 345 g/mol. The second-order valence-corrected chi connectivity index (χ2v) is 6.49. The molecule has 2 aromatic heterocycles. The number of para-hydroxylation sites is 1. The Bertz CT molecular complexity index is 845. The van der Waals surface area contributed by atoms with Gasteiger partial charge >= 0.3 is 0 Å². The molecule has 0 aliphatic carbocycles. The third-order valence-electron chi connectivity index (χ3n) is 4.03. The smallest absolute Gasteiger partial charge is 0.225 e. The van der Waals surface area contributed by atoms with Crippen LogP contribution in [0.15, 0.2) is 30.6 Å². The van der Waals surface area contributed by atoms with Gasteiger partial charge in [0.15, 0.2) is 10.9 Å². The molecule has 0 radical (unpaired) electrons. The molecule has 0 atom stereocenters. The van der Waals surface area contributed by atoms with E-state index in [9.17, 15) is 4.39 Å². The molecule has 0 spiro atoms. The van der Waals surface area contributed by atoms with Gasteiger partial charge in [0.05, 0.1) is 24.2 Å². The van der Waals surface area contributed by atoms with E-state index in [-0.39, 0.29) is 0 Å². The van der Waals surface area contributed by atoms with Crippen LogP contribution >= 0.6 is 11.3 Å². The highest BCUT2D eigenvalue weighted by Crippen LogP contribution is 2.34. The molecule has 1 saturated heterocycles. The number of fused-ring (bicyclic) bond motifs is 1. The summed E-state index contributed by atoms with van der Waals surface area (Å²) in [7, 11) is 1.66. The quantitative estimate of drug-likeness (QED) is 0.727. The third-order valence-corrected chi connectivity index (χ3v) is 5.11. The molecule has 6 nitrogen and oxygen atoms in total. The molecule has 1 aliphatic rings. The Hall–Kier alpha value is -2.48. The predicted octanol–water partition coefficient (Wildman–Crippen LogP) is 2.56. The Labute approximate surface area is 142 Å². The minimum atomic E-state index is -0.416. The summed E-state index contributed by atoms with van der Waals surface area (Å²) in [6.07, 6.45) is 2.41. The van der Waals surface area contributed by atoms with Gasteiger partial charge < -0.3 is 14.5 Å². The summed E-state index contributed by atoms with van der Waals surface area (Å²) < 4.78 is 19.4. The first-order chi connectivity index (χ1) is 11.7. The van der Waals surface area contributed by atoms with Gasteiger partial charge in [-0.15, -0.1) is 0 Å². The highest BCUT2D eigenvalue weighted by Gasteiger charge is 2.22. The molecule has 0 bridgehead atoms. The normalized spacial score (nSPS) is 15.1. The summed E-state index contributed by atoms with van der Waals surface area (Å²) in [4.78, 5) is 17.1. The number of benzene rings is 1. The summed E-state index contributed by atoms with van der Waals surface area (Å²) in [5.41, 5.74) is 0.907. The van der Waals surface area contributed by atoms with Gasteiger partial charge in [0.25, 0.3) is 0 Å². The van der Waals surface area contributed by atoms with Crippen LogP contribution in [0.4, 0.5) is 15.5 Å². The zero-order valence-corrected chi connectivity index (χ0v) is 14.0. The van der Waals surface area contributed by atoms with Crippen molar-refractivity contribution in [3.8, 4) is 5.75 Å². The summed E-state index contributed by atoms with van der Waals surface area (Å²) in [6, 6.07) is 5.96. The topological polar surface area (TPSA) is 54.4 Å². The molecule has 1 fully saturated rings. The summed E-state index contributed by atoms with van der Waals surface area (Å²) in [5, 5.41) is 0.995. The lowest BCUT2D eigenvalue weighted by Crippen LogP contribution is -2.47. The second kappa shape index (κ2) is 6.20. The molecule has 1 aliphatic heterocycles. The number of ether oxygens (including phenoxy) is 1. The standard InChI is InChI=1S/C16H16FN5OS/c1-23-12-3-2-4-13-14(12)20-16(24-13)22-7-5-21(6-8-22)15-18-9-11(17)10-19-15/h2-4,9-10H,5-8H2,1H3. The van der Waals surface area contributed by atoms with E-state index in [1.807, 2.05) is 12.1 Å². The minimum absolute atomic E-state index is 0.416. The zero-order valence-electron chi connectivity index (χ0n) is 13.1. The molecule has 3 aromatic rings. The maximum Gasteiger partial charge on any atom is 0.225 e. The van der Waals surface area contributed by atoms with Crippen LogP contribution in [-0.2, 0) is 0 Å². The van der Waals surface area contributed by atoms with E-state index in [4.69, 9.17) is 9.72 Å². The van der Waals surface area contributed by atoms with Crippen molar-refractivity contribution in [2.45, 2.75) is 0 Å². The van der Waals surface area contributed by atoms with Gasteiger partial charge in [0.1, 0.15) is 11.3 Å². The van der Waals surface area contributed by atoms with Gasteiger partial charge in [0.2, 0.25) is 5.95 Å². The number of hydrogen-bond acceptors (Lipinski definition) is 7. The lowest BCUT2D eigenvalue weighted by Gasteiger charge is -2.34. The highest BCUT2D eigenvalue weighted by molar-refractivity contribution is 7.22. The van der Waals surface area contributed by atoms with Crippen LogP contribution in [0.1, 0.15) is 0 Å². The Morgan fingerprint density at radius 3 is 2.50 bits per heavy atom. The number of hydrogen-bond donors (Lipinski definition) is 0. The van der Waals surface area contributed by atoms with Crippen LogP contribution in [0.2, 0.25) is 0 Å². The first-order valence-corrected chi connectivity index (χ1v) is 8.47. The number of anilines is 2. The van der Waals surface area contributed by atoms with Crippen molar-refractivity contribution < 1.29 is 9.13 Å². The van der Waals surface area contributed by atoms with Gasteiger partial charge in [-0.05, 0) is 12.1 Å². The molecule has 1 aromatic carbocycles. The Morgan fingerprint density at radius 1 is 1.08 bits per heavy atom. The number of thiazole rings is 1. The van der Waals surface area contributed by atoms with E-state index in [1.165, 1.54) is 12.4 Å². The van der Waals surface area contributed by atoms with Gasteiger partial charge in [-0.1, -0.05) is 17.4 Å². The first kappa shape index (κ1) is 15.1. The third kappa shape index (κ3) is 2.73. The second-order valence-electron chi connectivity index (χ2n) is 5.48. The molecule has 124 valence electrons. The lowest BCUT2D eigenvalue weighted by atomic mass is 10.3. The number of nitrogens with zero attached hydrogens (tertiary/aromatic N) is 5. The van der Waals surface area contributed by atoms with Crippen LogP contribution < -0.4 is 14.5 Å². The fraction of sp³-hybridized carbons (Fsp3) is 0.312. The molecule has 8 heteroatoms. The number of methoxy groups -OCH3 is 1. The molecular formula is C16H16FN5OS. The molecule has 0 saturated carbocycles. The molecule has 3 heterocycles. The molecule has 24 heavy (non-hydrogen) atoms. The van der Waals surface area contributed by atoms with Crippen molar-refractivity contribution in [3.05, 3.63) is 36.4 Å². The maximum absolute atomic E-state index is 12.9. The Morgan fingerprint density at radius 2 is 1.79 bits per heavy atom. The average Bonchev–Trinajstić information content (AvgIpc) is 3.07. The SMILES string of the molecule is COc1cccc2sc(N3CCN(c4ncc(F)cn4)CC3)nc12. The van der Waals surface area contributed by atoms with Gasteiger partial charge in [0, 0.05) is 26.2 Å². The van der Waals surface area contributed by atoms with Crippen LogP contribution in [0, 0.1) is 5.82 Å². The van der Waals surface area contributed by atoms with E-state index in [2.05, 4.69) is 25.8 Å². The summed E-state index contributed by atoms with van der Waals surface area (Å²) in [6.45, 7) is 3.20. The monoisotopic (exact) mass is 345 g/mol. The first-order valence-electron chi connectivity index (χ1n) is 7.65. The predicted molar refractivity (Wildman–Crippen MR) is 92.6 cm³/mol.